The van der Waals surface area contributed by atoms with E-state index in [2.05, 4.69) is 0 Å². The molecule has 3 rings (SSSR count). The van der Waals surface area contributed by atoms with Gasteiger partial charge in [0.05, 0.1) is 12.3 Å². The van der Waals surface area contributed by atoms with Crippen LogP contribution in [0.4, 0.5) is 0 Å². The molecule has 88 valence electrons. The van der Waals surface area contributed by atoms with E-state index >= 15 is 0 Å². The number of esters is 1. The van der Waals surface area contributed by atoms with Crippen molar-refractivity contribution in [2.75, 3.05) is 0 Å². The van der Waals surface area contributed by atoms with E-state index in [9.17, 15) is 4.79 Å². The summed E-state index contributed by atoms with van der Waals surface area (Å²) in [5.41, 5.74) is -0.178. The predicted molar refractivity (Wildman–Crippen MR) is 58.8 cm³/mol. The van der Waals surface area contributed by atoms with E-state index in [0.29, 0.717) is 5.92 Å². The highest BCUT2D eigenvalue weighted by atomic mass is 16.6. The van der Waals surface area contributed by atoms with Gasteiger partial charge >= 0.3 is 5.97 Å². The third-order valence-corrected chi connectivity index (χ3v) is 4.91. The van der Waals surface area contributed by atoms with Crippen LogP contribution in [0.5, 0.6) is 0 Å². The van der Waals surface area contributed by atoms with Crippen LogP contribution in [-0.4, -0.2) is 16.7 Å². The Kier molecular flexibility index (Phi) is 2.23. The maximum atomic E-state index is 11.5. The third-order valence-electron chi connectivity index (χ3n) is 4.91. The molecule has 0 aliphatic heterocycles. The Morgan fingerprint density at radius 2 is 2.25 bits per heavy atom. The highest BCUT2D eigenvalue weighted by Crippen LogP contribution is 2.62. The summed E-state index contributed by atoms with van der Waals surface area (Å²) in [7, 11) is 0. The van der Waals surface area contributed by atoms with Gasteiger partial charge in [0.2, 0.25) is 0 Å². The minimum atomic E-state index is -0.379. The first-order chi connectivity index (χ1) is 7.75. The van der Waals surface area contributed by atoms with Crippen molar-refractivity contribution < 1.29 is 14.6 Å². The van der Waals surface area contributed by atoms with E-state index in [-0.39, 0.29) is 11.6 Å². The van der Waals surface area contributed by atoms with Crippen LogP contribution < -0.4 is 0 Å². The van der Waals surface area contributed by atoms with Gasteiger partial charge in [-0.3, -0.25) is 0 Å². The van der Waals surface area contributed by atoms with Crippen LogP contribution in [0.25, 0.3) is 0 Å². The summed E-state index contributed by atoms with van der Waals surface area (Å²) in [6.45, 7) is 0. The molecule has 0 aromatic carbocycles. The second-order valence-corrected chi connectivity index (χ2v) is 5.51. The Hall–Kier alpha value is -0.990. The van der Waals surface area contributed by atoms with E-state index < -0.39 is 0 Å². The summed E-state index contributed by atoms with van der Waals surface area (Å²) in [5.74, 6) is 1.82. The number of aliphatic hydroxyl groups excluding tert-OH is 1. The summed E-state index contributed by atoms with van der Waals surface area (Å²) in [6, 6.07) is 0. The smallest absolute Gasteiger partial charge is 0.334 e. The van der Waals surface area contributed by atoms with E-state index in [1.807, 2.05) is 0 Å². The Morgan fingerprint density at radius 1 is 1.38 bits per heavy atom. The molecule has 0 aromatic rings. The topological polar surface area (TPSA) is 46.5 Å². The molecule has 4 atom stereocenters. The molecule has 3 saturated carbocycles. The fourth-order valence-electron chi connectivity index (χ4n) is 4.45. The molecular formula is C13H18O3. The van der Waals surface area contributed by atoms with Crippen LogP contribution in [0.15, 0.2) is 12.3 Å². The fraction of sp³-hybridized carbons (Fsp3) is 0.769. The van der Waals surface area contributed by atoms with Gasteiger partial charge in [0.1, 0.15) is 5.60 Å². The highest BCUT2D eigenvalue weighted by molar-refractivity contribution is 5.82. The standard InChI is InChI=1S/C13H18O3/c14-7-5-12(15)16-13-6-4-9(8-13)10-2-1-3-11(10)13/h5,7,9-11,14H,1-4,6,8H2. The quantitative estimate of drug-likeness (QED) is 0.444. The van der Waals surface area contributed by atoms with Crippen molar-refractivity contribution >= 4 is 5.97 Å². The maximum absolute atomic E-state index is 11.5. The van der Waals surface area contributed by atoms with Crippen LogP contribution in [0, 0.1) is 17.8 Å². The van der Waals surface area contributed by atoms with Crippen LogP contribution >= 0.6 is 0 Å². The van der Waals surface area contributed by atoms with Crippen molar-refractivity contribution in [1.29, 1.82) is 0 Å². The Balaban J connectivity index is 1.79. The van der Waals surface area contributed by atoms with E-state index in [4.69, 9.17) is 9.84 Å². The first-order valence-electron chi connectivity index (χ1n) is 6.29. The van der Waals surface area contributed by atoms with Gasteiger partial charge in [-0.15, -0.1) is 0 Å². The lowest BCUT2D eigenvalue weighted by molar-refractivity contribution is -0.158. The second kappa shape index (κ2) is 3.51. The lowest BCUT2D eigenvalue weighted by Crippen LogP contribution is -2.38. The molecule has 3 aliphatic rings. The summed E-state index contributed by atoms with van der Waals surface area (Å²) < 4.78 is 5.66. The predicted octanol–water partition coefficient (Wildman–Crippen LogP) is 2.57. The van der Waals surface area contributed by atoms with Crippen molar-refractivity contribution in [3.8, 4) is 0 Å². The summed E-state index contributed by atoms with van der Waals surface area (Å²) in [6.07, 6.45) is 9.04. The average Bonchev–Trinajstić information content (AvgIpc) is 2.87. The van der Waals surface area contributed by atoms with Crippen molar-refractivity contribution in [3.63, 3.8) is 0 Å². The molecule has 0 amide bonds. The minimum Gasteiger partial charge on any atom is -0.515 e. The van der Waals surface area contributed by atoms with Gasteiger partial charge in [-0.1, -0.05) is 6.42 Å². The maximum Gasteiger partial charge on any atom is 0.334 e. The van der Waals surface area contributed by atoms with Crippen molar-refractivity contribution in [2.45, 2.75) is 44.1 Å². The second-order valence-electron chi connectivity index (χ2n) is 5.51. The highest BCUT2D eigenvalue weighted by Gasteiger charge is 2.60. The number of carbonyl (C=O) groups is 1. The molecule has 3 heteroatoms. The Morgan fingerprint density at radius 3 is 3.06 bits per heavy atom. The first kappa shape index (κ1) is 10.2. The molecular weight excluding hydrogens is 204 g/mol. The van der Waals surface area contributed by atoms with Crippen molar-refractivity contribution in [1.82, 2.24) is 0 Å². The SMILES string of the molecule is O=C(C=CO)OC12CCC(C1)C1CCCC12. The molecule has 16 heavy (non-hydrogen) atoms. The lowest BCUT2D eigenvalue weighted by atomic mass is 9.79. The number of rotatable bonds is 2. The van der Waals surface area contributed by atoms with Crippen LogP contribution in [0.1, 0.15) is 38.5 Å². The fourth-order valence-corrected chi connectivity index (χ4v) is 4.45. The molecule has 0 spiro atoms. The summed E-state index contributed by atoms with van der Waals surface area (Å²) in [5, 5.41) is 8.58. The van der Waals surface area contributed by atoms with Gasteiger partial charge in [0.25, 0.3) is 0 Å². The molecule has 0 heterocycles. The number of carbonyl (C=O) groups excluding carboxylic acids is 1. The largest absolute Gasteiger partial charge is 0.515 e. The van der Waals surface area contributed by atoms with Gasteiger partial charge in [0.15, 0.2) is 0 Å². The number of ether oxygens (including phenoxy) is 1. The molecule has 0 aromatic heterocycles. The van der Waals surface area contributed by atoms with Crippen molar-refractivity contribution in [2.24, 2.45) is 17.8 Å². The van der Waals surface area contributed by atoms with E-state index in [1.54, 1.807) is 0 Å². The summed E-state index contributed by atoms with van der Waals surface area (Å²) in [4.78, 5) is 11.5. The van der Waals surface area contributed by atoms with Crippen LogP contribution in [-0.2, 0) is 9.53 Å². The zero-order valence-corrected chi connectivity index (χ0v) is 9.39. The zero-order chi connectivity index (χ0) is 11.2. The molecule has 3 fully saturated rings. The molecule has 0 radical (unpaired) electrons. The number of hydrogen-bond donors (Lipinski definition) is 1. The number of hydrogen-bond acceptors (Lipinski definition) is 3. The molecule has 4 unspecified atom stereocenters. The first-order valence-corrected chi connectivity index (χ1v) is 6.29. The van der Waals surface area contributed by atoms with Gasteiger partial charge < -0.3 is 9.84 Å². The normalized spacial score (nSPS) is 45.1. The van der Waals surface area contributed by atoms with Gasteiger partial charge in [-0.05, 0) is 43.9 Å². The molecule has 0 saturated heterocycles. The van der Waals surface area contributed by atoms with E-state index in [0.717, 1.165) is 37.0 Å². The molecule has 1 N–H and O–H groups in total. The third kappa shape index (κ3) is 1.30. The van der Waals surface area contributed by atoms with Crippen LogP contribution in [0.2, 0.25) is 0 Å². The zero-order valence-electron chi connectivity index (χ0n) is 9.39. The number of fused-ring (bicyclic) bond motifs is 5. The van der Waals surface area contributed by atoms with E-state index in [1.165, 1.54) is 25.7 Å². The number of aliphatic hydroxyl groups is 1. The Labute approximate surface area is 95.5 Å². The van der Waals surface area contributed by atoms with Gasteiger partial charge in [-0.25, -0.2) is 4.79 Å². The molecule has 2 bridgehead atoms. The Bertz CT molecular complexity index is 336. The van der Waals surface area contributed by atoms with Gasteiger partial charge in [-0.2, -0.15) is 0 Å². The monoisotopic (exact) mass is 222 g/mol. The average molecular weight is 222 g/mol. The lowest BCUT2D eigenvalue weighted by Gasteiger charge is -2.35. The molecule has 3 aliphatic carbocycles. The van der Waals surface area contributed by atoms with Crippen molar-refractivity contribution in [3.05, 3.63) is 12.3 Å². The summed E-state index contributed by atoms with van der Waals surface area (Å²) >= 11 is 0. The van der Waals surface area contributed by atoms with Crippen LogP contribution in [0.3, 0.4) is 0 Å². The minimum absolute atomic E-state index is 0.178. The molecule has 3 nitrogen and oxygen atoms in total. The van der Waals surface area contributed by atoms with Gasteiger partial charge in [0, 0.05) is 5.92 Å².